The first-order valence-electron chi connectivity index (χ1n) is 5.41. The number of halogens is 1. The van der Waals surface area contributed by atoms with Crippen molar-refractivity contribution in [1.29, 1.82) is 0 Å². The highest BCUT2D eigenvalue weighted by Crippen LogP contribution is 2.24. The summed E-state index contributed by atoms with van der Waals surface area (Å²) in [5.74, 6) is -0.163. The van der Waals surface area contributed by atoms with Crippen molar-refractivity contribution in [3.63, 3.8) is 0 Å². The first-order chi connectivity index (χ1) is 8.65. The molecule has 7 heteroatoms. The van der Waals surface area contributed by atoms with Gasteiger partial charge in [0.2, 0.25) is 18.5 Å². The summed E-state index contributed by atoms with van der Waals surface area (Å²) in [6, 6.07) is 1.29. The topological polar surface area (TPSA) is 85.2 Å². The van der Waals surface area contributed by atoms with Crippen molar-refractivity contribution in [2.75, 3.05) is 6.86 Å². The summed E-state index contributed by atoms with van der Waals surface area (Å²) in [4.78, 5) is 28.4. The lowest BCUT2D eigenvalue weighted by atomic mass is 10.1. The zero-order valence-corrected chi connectivity index (χ0v) is 9.66. The Bertz CT molecular complexity index is 628. The molecule has 6 nitrogen and oxygen atoms in total. The van der Waals surface area contributed by atoms with E-state index in [9.17, 15) is 14.0 Å². The van der Waals surface area contributed by atoms with Crippen LogP contribution in [0.4, 0.5) is 4.39 Å². The third kappa shape index (κ3) is 2.24. The van der Waals surface area contributed by atoms with Crippen LogP contribution in [-0.4, -0.2) is 16.8 Å². The second-order valence-corrected chi connectivity index (χ2v) is 3.65. The minimum absolute atomic E-state index is 0. The number of hydrogen-bond donors (Lipinski definition) is 1. The number of fused-ring (bicyclic) bond motifs is 1. The molecule has 2 rings (SSSR count). The zero-order valence-electron chi connectivity index (χ0n) is 9.66. The van der Waals surface area contributed by atoms with E-state index in [1.807, 2.05) is 6.92 Å². The Morgan fingerprint density at radius 2 is 2.33 bits per heavy atom. The van der Waals surface area contributed by atoms with E-state index in [-0.39, 0.29) is 13.0 Å². The fourth-order valence-electron chi connectivity index (χ4n) is 1.76. The largest absolute Gasteiger partial charge is 0.445 e. The van der Waals surface area contributed by atoms with Gasteiger partial charge in [0.05, 0.1) is 0 Å². The van der Waals surface area contributed by atoms with Crippen LogP contribution in [-0.2, 0) is 6.42 Å². The fraction of sp³-hybridized carbons (Fsp3) is 0.364. The normalized spacial score (nSPS) is 10.8. The molecule has 2 aromatic rings. The number of aromatic nitrogens is 2. The van der Waals surface area contributed by atoms with Gasteiger partial charge in [-0.3, -0.25) is 4.98 Å². The number of H-pyrrole nitrogens is 1. The van der Waals surface area contributed by atoms with Crippen molar-refractivity contribution < 1.29 is 15.0 Å². The second kappa shape index (κ2) is 4.99. The molecular weight excluding hydrogens is 243 g/mol. The monoisotopic (exact) mass is 256 g/mol. The minimum Gasteiger partial charge on any atom is -0.445 e. The molecule has 18 heavy (non-hydrogen) atoms. The summed E-state index contributed by atoms with van der Waals surface area (Å²) in [7, 11) is 0. The van der Waals surface area contributed by atoms with E-state index in [0.29, 0.717) is 17.4 Å². The van der Waals surface area contributed by atoms with E-state index in [0.717, 1.165) is 6.42 Å². The van der Waals surface area contributed by atoms with Gasteiger partial charge >= 0.3 is 11.3 Å². The predicted octanol–water partition coefficient (Wildman–Crippen LogP) is 1.38. The number of rotatable bonds is 4. The molecule has 0 fully saturated rings. The number of alkyl halides is 1. The standard InChI is InChI=1S/C11H11FN2O4.H2/c1-2-3-6-4-7(15)18-10-8(6)9(17-5-12)13-11(16)14-10;/h4H,2-3,5H2,1H3,(H,13,14,16);1H. The summed E-state index contributed by atoms with van der Waals surface area (Å²) in [6.07, 6.45) is 1.34. The highest BCUT2D eigenvalue weighted by molar-refractivity contribution is 5.82. The van der Waals surface area contributed by atoms with Gasteiger partial charge in [0.1, 0.15) is 5.39 Å². The van der Waals surface area contributed by atoms with Crippen LogP contribution in [0, 0.1) is 0 Å². The molecule has 0 amide bonds. The Balaban J connectivity index is 0.00000180. The molecule has 0 aliphatic heterocycles. The van der Waals surface area contributed by atoms with Gasteiger partial charge in [-0.05, 0) is 12.0 Å². The van der Waals surface area contributed by atoms with Crippen molar-refractivity contribution >= 4 is 11.1 Å². The highest BCUT2D eigenvalue weighted by atomic mass is 19.1. The molecule has 0 spiro atoms. The Morgan fingerprint density at radius 1 is 1.56 bits per heavy atom. The van der Waals surface area contributed by atoms with Crippen molar-refractivity contribution in [2.45, 2.75) is 19.8 Å². The molecule has 2 aromatic heterocycles. The molecule has 0 saturated carbocycles. The molecule has 0 unspecified atom stereocenters. The molecule has 0 bridgehead atoms. The van der Waals surface area contributed by atoms with Crippen LogP contribution in [0.3, 0.4) is 0 Å². The number of ether oxygens (including phenoxy) is 1. The van der Waals surface area contributed by atoms with Gasteiger partial charge in [0.25, 0.3) is 0 Å². The Morgan fingerprint density at radius 3 is 3.00 bits per heavy atom. The van der Waals surface area contributed by atoms with Gasteiger partial charge in [-0.1, -0.05) is 13.3 Å². The fourth-order valence-corrected chi connectivity index (χ4v) is 1.76. The SMILES string of the molecule is CCCc1cc(=O)oc2[nH]c(=O)nc(OCF)c12.[HH]. The maximum Gasteiger partial charge on any atom is 0.351 e. The molecule has 0 atom stereocenters. The summed E-state index contributed by atoms with van der Waals surface area (Å²) >= 11 is 0. The van der Waals surface area contributed by atoms with Gasteiger partial charge in [0, 0.05) is 7.49 Å². The van der Waals surface area contributed by atoms with Crippen LogP contribution in [0.5, 0.6) is 5.88 Å². The Labute approximate surface area is 102 Å². The van der Waals surface area contributed by atoms with Crippen LogP contribution in [0.15, 0.2) is 20.1 Å². The summed E-state index contributed by atoms with van der Waals surface area (Å²) in [5.41, 5.74) is -0.785. The van der Waals surface area contributed by atoms with E-state index in [4.69, 9.17) is 4.42 Å². The maximum absolute atomic E-state index is 12.3. The smallest absolute Gasteiger partial charge is 0.351 e. The van der Waals surface area contributed by atoms with Crippen molar-refractivity contribution in [1.82, 2.24) is 9.97 Å². The third-order valence-corrected chi connectivity index (χ3v) is 2.39. The first kappa shape index (κ1) is 12.3. The lowest BCUT2D eigenvalue weighted by molar-refractivity contribution is 0.186. The number of hydrogen-bond acceptors (Lipinski definition) is 5. The molecule has 0 aliphatic carbocycles. The van der Waals surface area contributed by atoms with E-state index >= 15 is 0 Å². The van der Waals surface area contributed by atoms with Crippen LogP contribution in [0.1, 0.15) is 20.3 Å². The number of nitrogens with one attached hydrogen (secondary N) is 1. The van der Waals surface area contributed by atoms with Gasteiger partial charge in [-0.15, -0.1) is 0 Å². The Hall–Kier alpha value is -2.18. The molecule has 0 saturated heterocycles. The molecular formula is C11H13FN2O4. The molecule has 98 valence electrons. The molecule has 0 radical (unpaired) electrons. The Kier molecular flexibility index (Phi) is 3.40. The van der Waals surface area contributed by atoms with Gasteiger partial charge < -0.3 is 9.15 Å². The predicted molar refractivity (Wildman–Crippen MR) is 63.6 cm³/mol. The summed E-state index contributed by atoms with van der Waals surface area (Å²) in [6.45, 7) is 0.811. The van der Waals surface area contributed by atoms with Crippen molar-refractivity contribution in [3.8, 4) is 5.88 Å². The summed E-state index contributed by atoms with van der Waals surface area (Å²) < 4.78 is 21.8. The average Bonchev–Trinajstić information content (AvgIpc) is 2.28. The van der Waals surface area contributed by atoms with E-state index < -0.39 is 18.2 Å². The van der Waals surface area contributed by atoms with Crippen LogP contribution in [0.2, 0.25) is 0 Å². The summed E-state index contributed by atoms with van der Waals surface area (Å²) in [5, 5.41) is 0.328. The van der Waals surface area contributed by atoms with Crippen LogP contribution < -0.4 is 16.1 Å². The third-order valence-electron chi connectivity index (χ3n) is 2.39. The maximum atomic E-state index is 12.3. The molecule has 1 N–H and O–H groups in total. The number of aryl methyl sites for hydroxylation is 1. The molecule has 2 heterocycles. The lowest BCUT2D eigenvalue weighted by Gasteiger charge is -2.07. The number of aromatic amines is 1. The second-order valence-electron chi connectivity index (χ2n) is 3.65. The van der Waals surface area contributed by atoms with Gasteiger partial charge in [-0.25, -0.2) is 14.0 Å². The quantitative estimate of drug-likeness (QED) is 0.893. The van der Waals surface area contributed by atoms with Crippen LogP contribution in [0.25, 0.3) is 11.1 Å². The van der Waals surface area contributed by atoms with Crippen molar-refractivity contribution in [3.05, 3.63) is 32.5 Å². The van der Waals surface area contributed by atoms with E-state index in [1.54, 1.807) is 0 Å². The lowest BCUT2D eigenvalue weighted by Crippen LogP contribution is -2.15. The zero-order chi connectivity index (χ0) is 13.1. The van der Waals surface area contributed by atoms with Gasteiger partial charge in [0.15, 0.2) is 0 Å². The van der Waals surface area contributed by atoms with Gasteiger partial charge in [-0.2, -0.15) is 4.98 Å². The first-order valence-corrected chi connectivity index (χ1v) is 5.41. The molecule has 0 aliphatic rings. The van der Waals surface area contributed by atoms with E-state index in [1.165, 1.54) is 6.07 Å². The highest BCUT2D eigenvalue weighted by Gasteiger charge is 2.14. The van der Waals surface area contributed by atoms with E-state index in [2.05, 4.69) is 14.7 Å². The molecule has 0 aromatic carbocycles. The minimum atomic E-state index is -1.11. The van der Waals surface area contributed by atoms with Crippen molar-refractivity contribution in [2.24, 2.45) is 0 Å². The average molecular weight is 256 g/mol. The number of nitrogens with zero attached hydrogens (tertiary/aromatic N) is 1. The van der Waals surface area contributed by atoms with Crippen LogP contribution >= 0.6 is 0 Å².